The molecule has 0 bridgehead atoms. The van der Waals surface area contributed by atoms with Crippen LogP contribution in [0.5, 0.6) is 0 Å². The SMILES string of the molecule is CC1CN(CCc2ccccc2F)C(=O)NC1=O. The summed E-state index contributed by atoms with van der Waals surface area (Å²) >= 11 is 0. The normalized spacial score (nSPS) is 19.9. The van der Waals surface area contributed by atoms with E-state index in [2.05, 4.69) is 5.32 Å². The van der Waals surface area contributed by atoms with E-state index in [1.54, 1.807) is 30.0 Å². The highest BCUT2D eigenvalue weighted by molar-refractivity contribution is 5.97. The van der Waals surface area contributed by atoms with E-state index < -0.39 is 6.03 Å². The fourth-order valence-corrected chi connectivity index (χ4v) is 1.95. The Morgan fingerprint density at radius 3 is 2.83 bits per heavy atom. The molecule has 1 saturated heterocycles. The largest absolute Gasteiger partial charge is 0.324 e. The van der Waals surface area contributed by atoms with Gasteiger partial charge >= 0.3 is 6.03 Å². The average Bonchev–Trinajstić information content (AvgIpc) is 2.34. The molecule has 18 heavy (non-hydrogen) atoms. The second-order valence-electron chi connectivity index (χ2n) is 4.48. The van der Waals surface area contributed by atoms with Gasteiger partial charge in [-0.1, -0.05) is 25.1 Å². The lowest BCUT2D eigenvalue weighted by molar-refractivity contribution is -0.125. The second kappa shape index (κ2) is 5.16. The van der Waals surface area contributed by atoms with E-state index in [0.29, 0.717) is 25.1 Å². The van der Waals surface area contributed by atoms with Crippen molar-refractivity contribution in [2.75, 3.05) is 13.1 Å². The van der Waals surface area contributed by atoms with Gasteiger partial charge in [0.1, 0.15) is 5.82 Å². The number of hydrogen-bond donors (Lipinski definition) is 1. The predicted molar refractivity (Wildman–Crippen MR) is 64.4 cm³/mol. The van der Waals surface area contributed by atoms with E-state index in [4.69, 9.17) is 0 Å². The number of urea groups is 1. The molecule has 4 nitrogen and oxygen atoms in total. The summed E-state index contributed by atoms with van der Waals surface area (Å²) in [7, 11) is 0. The van der Waals surface area contributed by atoms with Crippen molar-refractivity contribution in [2.24, 2.45) is 5.92 Å². The van der Waals surface area contributed by atoms with Gasteiger partial charge in [0, 0.05) is 13.1 Å². The van der Waals surface area contributed by atoms with Crippen LogP contribution in [0, 0.1) is 11.7 Å². The zero-order chi connectivity index (χ0) is 13.1. The number of benzene rings is 1. The summed E-state index contributed by atoms with van der Waals surface area (Å²) in [5.74, 6) is -0.732. The Morgan fingerprint density at radius 2 is 2.11 bits per heavy atom. The maximum atomic E-state index is 13.4. The van der Waals surface area contributed by atoms with Crippen molar-refractivity contribution in [3.8, 4) is 0 Å². The molecule has 0 spiro atoms. The lowest BCUT2D eigenvalue weighted by Gasteiger charge is -2.30. The molecule has 1 N–H and O–H groups in total. The van der Waals surface area contributed by atoms with Crippen molar-refractivity contribution >= 4 is 11.9 Å². The number of nitrogens with one attached hydrogen (secondary N) is 1. The van der Waals surface area contributed by atoms with Crippen LogP contribution in [0.3, 0.4) is 0 Å². The van der Waals surface area contributed by atoms with Crippen LogP contribution in [0.2, 0.25) is 0 Å². The smallest absolute Gasteiger partial charge is 0.323 e. The third kappa shape index (κ3) is 2.67. The molecular weight excluding hydrogens is 235 g/mol. The summed E-state index contributed by atoms with van der Waals surface area (Å²) in [5.41, 5.74) is 0.579. The fraction of sp³-hybridized carbons (Fsp3) is 0.385. The van der Waals surface area contributed by atoms with Gasteiger partial charge in [-0.25, -0.2) is 9.18 Å². The van der Waals surface area contributed by atoms with Crippen LogP contribution >= 0.6 is 0 Å². The summed E-state index contributed by atoms with van der Waals surface area (Å²) in [6.07, 6.45) is 0.445. The van der Waals surface area contributed by atoms with E-state index in [-0.39, 0.29) is 17.6 Å². The van der Waals surface area contributed by atoms with Gasteiger partial charge in [-0.3, -0.25) is 10.1 Å². The first-order valence-corrected chi connectivity index (χ1v) is 5.91. The molecule has 0 saturated carbocycles. The zero-order valence-electron chi connectivity index (χ0n) is 10.1. The van der Waals surface area contributed by atoms with Gasteiger partial charge in [0.05, 0.1) is 5.92 Å². The third-order valence-electron chi connectivity index (χ3n) is 3.07. The molecule has 1 aromatic rings. The van der Waals surface area contributed by atoms with Crippen LogP contribution in [0.1, 0.15) is 12.5 Å². The molecule has 1 fully saturated rings. The van der Waals surface area contributed by atoms with E-state index >= 15 is 0 Å². The molecule has 1 heterocycles. The van der Waals surface area contributed by atoms with Gasteiger partial charge in [0.25, 0.3) is 0 Å². The Labute approximate surface area is 105 Å². The maximum Gasteiger partial charge on any atom is 0.324 e. The summed E-state index contributed by atoms with van der Waals surface area (Å²) < 4.78 is 13.4. The first-order valence-electron chi connectivity index (χ1n) is 5.91. The number of rotatable bonds is 3. The lowest BCUT2D eigenvalue weighted by Crippen LogP contribution is -2.54. The molecule has 1 aromatic carbocycles. The van der Waals surface area contributed by atoms with Crippen LogP contribution in [0.25, 0.3) is 0 Å². The third-order valence-corrected chi connectivity index (χ3v) is 3.07. The minimum absolute atomic E-state index is 0.219. The first-order chi connectivity index (χ1) is 8.58. The van der Waals surface area contributed by atoms with Gasteiger partial charge in [-0.05, 0) is 18.1 Å². The minimum atomic E-state index is -0.394. The van der Waals surface area contributed by atoms with Crippen LogP contribution in [-0.2, 0) is 11.2 Å². The van der Waals surface area contributed by atoms with Crippen LogP contribution < -0.4 is 5.32 Å². The molecule has 0 radical (unpaired) electrons. The molecule has 1 aliphatic heterocycles. The molecule has 1 aliphatic rings. The van der Waals surface area contributed by atoms with Crippen molar-refractivity contribution < 1.29 is 14.0 Å². The predicted octanol–water partition coefficient (Wildman–Crippen LogP) is 1.56. The maximum absolute atomic E-state index is 13.4. The number of halogens is 1. The van der Waals surface area contributed by atoms with Crippen molar-refractivity contribution in [2.45, 2.75) is 13.3 Å². The molecule has 0 aliphatic carbocycles. The number of amides is 3. The standard InChI is InChI=1S/C13H15FN2O2/c1-9-8-16(13(18)15-12(9)17)7-6-10-4-2-3-5-11(10)14/h2-5,9H,6-8H2,1H3,(H,15,17,18). The molecular formula is C13H15FN2O2. The van der Waals surface area contributed by atoms with Crippen LogP contribution in [0.15, 0.2) is 24.3 Å². The number of carbonyl (C=O) groups is 2. The van der Waals surface area contributed by atoms with Crippen molar-refractivity contribution in [1.29, 1.82) is 0 Å². The van der Waals surface area contributed by atoms with Gasteiger partial charge < -0.3 is 4.90 Å². The molecule has 2 rings (SSSR count). The number of imide groups is 1. The second-order valence-corrected chi connectivity index (χ2v) is 4.48. The highest BCUT2D eigenvalue weighted by Crippen LogP contribution is 2.11. The van der Waals surface area contributed by atoms with Gasteiger partial charge in [0.2, 0.25) is 5.91 Å². The quantitative estimate of drug-likeness (QED) is 0.885. The van der Waals surface area contributed by atoms with Gasteiger partial charge in [-0.15, -0.1) is 0 Å². The number of nitrogens with zero attached hydrogens (tertiary/aromatic N) is 1. The number of hydrogen-bond acceptors (Lipinski definition) is 2. The summed E-state index contributed by atoms with van der Waals surface area (Å²) in [6.45, 7) is 2.56. The zero-order valence-corrected chi connectivity index (χ0v) is 10.1. The summed E-state index contributed by atoms with van der Waals surface area (Å²) in [6, 6.07) is 6.10. The molecule has 3 amide bonds. The molecule has 0 aromatic heterocycles. The monoisotopic (exact) mass is 250 g/mol. The van der Waals surface area contributed by atoms with Crippen molar-refractivity contribution in [1.82, 2.24) is 10.2 Å². The molecule has 1 atom stereocenters. The molecule has 5 heteroatoms. The highest BCUT2D eigenvalue weighted by Gasteiger charge is 2.28. The lowest BCUT2D eigenvalue weighted by atomic mass is 10.1. The van der Waals surface area contributed by atoms with E-state index in [1.165, 1.54) is 6.07 Å². The molecule has 96 valence electrons. The van der Waals surface area contributed by atoms with E-state index in [9.17, 15) is 14.0 Å². The van der Waals surface area contributed by atoms with Gasteiger partial charge in [-0.2, -0.15) is 0 Å². The topological polar surface area (TPSA) is 49.4 Å². The van der Waals surface area contributed by atoms with E-state index in [0.717, 1.165) is 0 Å². The molecule has 1 unspecified atom stereocenters. The minimum Gasteiger partial charge on any atom is -0.323 e. The Kier molecular flexibility index (Phi) is 3.60. The van der Waals surface area contributed by atoms with Crippen molar-refractivity contribution in [3.05, 3.63) is 35.6 Å². The van der Waals surface area contributed by atoms with Crippen molar-refractivity contribution in [3.63, 3.8) is 0 Å². The fourth-order valence-electron chi connectivity index (χ4n) is 1.95. The Hall–Kier alpha value is -1.91. The van der Waals surface area contributed by atoms with Crippen LogP contribution in [-0.4, -0.2) is 29.9 Å². The Morgan fingerprint density at radius 1 is 1.39 bits per heavy atom. The highest BCUT2D eigenvalue weighted by atomic mass is 19.1. The average molecular weight is 250 g/mol. The summed E-state index contributed by atoms with van der Waals surface area (Å²) in [5, 5.41) is 2.28. The van der Waals surface area contributed by atoms with E-state index in [1.807, 2.05) is 0 Å². The Balaban J connectivity index is 1.96. The Bertz CT molecular complexity index is 476. The number of carbonyl (C=O) groups excluding carboxylic acids is 2. The van der Waals surface area contributed by atoms with Crippen LogP contribution in [0.4, 0.5) is 9.18 Å². The summed E-state index contributed by atoms with van der Waals surface area (Å²) in [4.78, 5) is 24.4. The van der Waals surface area contributed by atoms with Gasteiger partial charge in [0.15, 0.2) is 0 Å². The first kappa shape index (κ1) is 12.5.